The fourth-order valence-corrected chi connectivity index (χ4v) is 1.72. The quantitative estimate of drug-likeness (QED) is 0.832. The molecule has 0 aliphatic carbocycles. The van der Waals surface area contributed by atoms with Gasteiger partial charge in [0.1, 0.15) is 0 Å². The molecule has 15 heavy (non-hydrogen) atoms. The molecule has 0 fully saturated rings. The zero-order valence-electron chi connectivity index (χ0n) is 8.53. The summed E-state index contributed by atoms with van der Waals surface area (Å²) in [5.41, 5.74) is 0.633. The highest BCUT2D eigenvalue weighted by Gasteiger charge is 2.10. The maximum atomic E-state index is 11.7. The normalized spacial score (nSPS) is 12.2. The first kappa shape index (κ1) is 12.4. The zero-order chi connectivity index (χ0) is 11.3. The minimum Gasteiger partial charge on any atom is -0.394 e. The maximum absolute atomic E-state index is 11.7. The highest BCUT2D eigenvalue weighted by atomic mass is 127. The number of carbonyl (C=O) groups excluding carboxylic acids is 1. The molecule has 4 heteroatoms. The van der Waals surface area contributed by atoms with E-state index in [-0.39, 0.29) is 18.6 Å². The van der Waals surface area contributed by atoms with Crippen LogP contribution in [0.1, 0.15) is 23.7 Å². The Bertz CT molecular complexity index is 337. The number of amides is 1. The number of carbonyl (C=O) groups is 1. The summed E-state index contributed by atoms with van der Waals surface area (Å²) in [7, 11) is 0. The number of hydrogen-bond acceptors (Lipinski definition) is 2. The van der Waals surface area contributed by atoms with Crippen LogP contribution in [0.4, 0.5) is 0 Å². The van der Waals surface area contributed by atoms with E-state index in [0.717, 1.165) is 9.99 Å². The summed E-state index contributed by atoms with van der Waals surface area (Å²) in [6.07, 6.45) is 0.728. The lowest BCUT2D eigenvalue weighted by molar-refractivity contribution is 0.0915. The lowest BCUT2D eigenvalue weighted by Crippen LogP contribution is -2.36. The fourth-order valence-electron chi connectivity index (χ4n) is 1.18. The average Bonchev–Trinajstić information content (AvgIpc) is 2.25. The molecule has 0 heterocycles. The molecule has 0 saturated heterocycles. The number of benzene rings is 1. The number of hydrogen-bond donors (Lipinski definition) is 2. The number of rotatable bonds is 4. The van der Waals surface area contributed by atoms with Crippen LogP contribution < -0.4 is 5.32 Å². The molecule has 1 aromatic carbocycles. The van der Waals surface area contributed by atoms with E-state index in [1.54, 1.807) is 6.07 Å². The Labute approximate surface area is 103 Å². The monoisotopic (exact) mass is 319 g/mol. The summed E-state index contributed by atoms with van der Waals surface area (Å²) in [5.74, 6) is -0.130. The van der Waals surface area contributed by atoms with Gasteiger partial charge in [0.15, 0.2) is 0 Å². The van der Waals surface area contributed by atoms with Crippen molar-refractivity contribution >= 4 is 28.5 Å². The van der Waals surface area contributed by atoms with Crippen molar-refractivity contribution in [1.29, 1.82) is 0 Å². The Morgan fingerprint density at radius 1 is 1.60 bits per heavy atom. The molecule has 0 aliphatic heterocycles. The van der Waals surface area contributed by atoms with E-state index in [4.69, 9.17) is 5.11 Å². The van der Waals surface area contributed by atoms with E-state index in [9.17, 15) is 4.79 Å². The third-order valence-electron chi connectivity index (χ3n) is 2.14. The van der Waals surface area contributed by atoms with E-state index < -0.39 is 0 Å². The van der Waals surface area contributed by atoms with Gasteiger partial charge in [-0.15, -0.1) is 0 Å². The van der Waals surface area contributed by atoms with E-state index >= 15 is 0 Å². The van der Waals surface area contributed by atoms with Gasteiger partial charge in [-0.25, -0.2) is 0 Å². The summed E-state index contributed by atoms with van der Waals surface area (Å²) in [6.45, 7) is 1.90. The van der Waals surface area contributed by atoms with Crippen LogP contribution >= 0.6 is 22.6 Å². The second-order valence-electron chi connectivity index (χ2n) is 3.27. The Morgan fingerprint density at radius 3 is 2.87 bits per heavy atom. The highest BCUT2D eigenvalue weighted by Crippen LogP contribution is 2.08. The second kappa shape index (κ2) is 6.07. The van der Waals surface area contributed by atoms with Crippen molar-refractivity contribution in [3.05, 3.63) is 33.4 Å². The van der Waals surface area contributed by atoms with E-state index in [1.807, 2.05) is 25.1 Å². The van der Waals surface area contributed by atoms with Crippen LogP contribution in [-0.2, 0) is 0 Å². The minimum atomic E-state index is -0.157. The maximum Gasteiger partial charge on any atom is 0.251 e. The summed E-state index contributed by atoms with van der Waals surface area (Å²) in [4.78, 5) is 11.7. The number of aliphatic hydroxyl groups excluding tert-OH is 1. The van der Waals surface area contributed by atoms with Crippen molar-refractivity contribution < 1.29 is 9.90 Å². The van der Waals surface area contributed by atoms with Crippen molar-refractivity contribution in [3.8, 4) is 0 Å². The summed E-state index contributed by atoms with van der Waals surface area (Å²) in [5, 5.41) is 11.7. The third-order valence-corrected chi connectivity index (χ3v) is 2.81. The van der Waals surface area contributed by atoms with Gasteiger partial charge in [-0.1, -0.05) is 13.0 Å². The molecule has 1 rings (SSSR count). The van der Waals surface area contributed by atoms with Crippen molar-refractivity contribution in [3.63, 3.8) is 0 Å². The molecule has 0 radical (unpaired) electrons. The van der Waals surface area contributed by atoms with E-state index in [0.29, 0.717) is 5.56 Å². The molecule has 0 aliphatic rings. The van der Waals surface area contributed by atoms with Crippen LogP contribution in [0.25, 0.3) is 0 Å². The lowest BCUT2D eigenvalue weighted by Gasteiger charge is -2.13. The van der Waals surface area contributed by atoms with Gasteiger partial charge in [-0.2, -0.15) is 0 Å². The van der Waals surface area contributed by atoms with Crippen molar-refractivity contribution in [2.75, 3.05) is 6.61 Å². The predicted octanol–water partition coefficient (Wildman–Crippen LogP) is 1.79. The van der Waals surface area contributed by atoms with Gasteiger partial charge >= 0.3 is 0 Å². The molecule has 0 unspecified atom stereocenters. The summed E-state index contributed by atoms with van der Waals surface area (Å²) < 4.78 is 1.03. The second-order valence-corrected chi connectivity index (χ2v) is 4.52. The van der Waals surface area contributed by atoms with Crippen molar-refractivity contribution in [1.82, 2.24) is 5.32 Å². The van der Waals surface area contributed by atoms with Crippen molar-refractivity contribution in [2.45, 2.75) is 19.4 Å². The predicted molar refractivity (Wildman–Crippen MR) is 67.8 cm³/mol. The molecular formula is C11H14INO2. The van der Waals surface area contributed by atoms with Crippen LogP contribution in [0.3, 0.4) is 0 Å². The molecule has 0 bridgehead atoms. The molecule has 3 nitrogen and oxygen atoms in total. The van der Waals surface area contributed by atoms with Crippen LogP contribution in [0.2, 0.25) is 0 Å². The molecule has 1 amide bonds. The van der Waals surface area contributed by atoms with Crippen LogP contribution in [0.5, 0.6) is 0 Å². The highest BCUT2D eigenvalue weighted by molar-refractivity contribution is 14.1. The van der Waals surface area contributed by atoms with Gasteiger partial charge in [-0.05, 0) is 47.2 Å². The first-order valence-electron chi connectivity index (χ1n) is 4.84. The van der Waals surface area contributed by atoms with E-state index in [2.05, 4.69) is 27.9 Å². The van der Waals surface area contributed by atoms with Crippen LogP contribution in [0.15, 0.2) is 24.3 Å². The van der Waals surface area contributed by atoms with Crippen molar-refractivity contribution in [2.24, 2.45) is 0 Å². The number of nitrogens with one attached hydrogen (secondary N) is 1. The molecule has 1 atom stereocenters. The average molecular weight is 319 g/mol. The van der Waals surface area contributed by atoms with Gasteiger partial charge in [0.25, 0.3) is 5.91 Å². The van der Waals surface area contributed by atoms with Gasteiger partial charge in [0.05, 0.1) is 12.6 Å². The molecule has 0 spiro atoms. The molecular weight excluding hydrogens is 305 g/mol. The smallest absolute Gasteiger partial charge is 0.251 e. The zero-order valence-corrected chi connectivity index (χ0v) is 10.7. The van der Waals surface area contributed by atoms with Crippen LogP contribution in [0, 0.1) is 3.57 Å². The lowest BCUT2D eigenvalue weighted by atomic mass is 10.2. The van der Waals surface area contributed by atoms with Gasteiger partial charge in [0, 0.05) is 9.13 Å². The minimum absolute atomic E-state index is 0.0217. The molecule has 1 aromatic rings. The SMILES string of the molecule is CC[C@@H](CO)NC(=O)c1cccc(I)c1. The van der Waals surface area contributed by atoms with Gasteiger partial charge < -0.3 is 10.4 Å². The Hall–Kier alpha value is -0.620. The Morgan fingerprint density at radius 2 is 2.33 bits per heavy atom. The number of aliphatic hydroxyl groups is 1. The Kier molecular flexibility index (Phi) is 5.04. The largest absolute Gasteiger partial charge is 0.394 e. The molecule has 82 valence electrons. The number of halogens is 1. The summed E-state index contributed by atoms with van der Waals surface area (Å²) >= 11 is 2.16. The first-order valence-corrected chi connectivity index (χ1v) is 5.92. The summed E-state index contributed by atoms with van der Waals surface area (Å²) in [6, 6.07) is 7.20. The van der Waals surface area contributed by atoms with Gasteiger partial charge in [-0.3, -0.25) is 4.79 Å². The molecule has 0 saturated carbocycles. The molecule has 2 N–H and O–H groups in total. The first-order chi connectivity index (χ1) is 7.17. The van der Waals surface area contributed by atoms with Crippen LogP contribution in [-0.4, -0.2) is 23.7 Å². The van der Waals surface area contributed by atoms with E-state index in [1.165, 1.54) is 0 Å². The topological polar surface area (TPSA) is 49.3 Å². The van der Waals surface area contributed by atoms with Gasteiger partial charge in [0.2, 0.25) is 0 Å². The Balaban J connectivity index is 2.68. The fraction of sp³-hybridized carbons (Fsp3) is 0.364. The standard InChI is InChI=1S/C11H14INO2/c1-2-10(7-14)13-11(15)8-4-3-5-9(12)6-8/h3-6,10,14H,2,7H2,1H3,(H,13,15)/t10-/m0/s1. The third kappa shape index (κ3) is 3.79. The molecule has 0 aromatic heterocycles.